The van der Waals surface area contributed by atoms with Crippen molar-refractivity contribution in [1.82, 2.24) is 15.3 Å². The van der Waals surface area contributed by atoms with Gasteiger partial charge in [0, 0.05) is 38.1 Å². The van der Waals surface area contributed by atoms with Gasteiger partial charge in [-0.1, -0.05) is 30.3 Å². The van der Waals surface area contributed by atoms with E-state index in [1.807, 2.05) is 42.5 Å². The number of ether oxygens (including phenoxy) is 1. The molecule has 0 bridgehead atoms. The zero-order valence-corrected chi connectivity index (χ0v) is 23.2. The largest absolute Gasteiger partial charge is 0.444 e. The van der Waals surface area contributed by atoms with Gasteiger partial charge in [-0.15, -0.1) is 0 Å². The summed E-state index contributed by atoms with van der Waals surface area (Å²) >= 11 is 0. The van der Waals surface area contributed by atoms with E-state index in [4.69, 9.17) is 9.15 Å². The van der Waals surface area contributed by atoms with Crippen LogP contribution in [0.3, 0.4) is 0 Å². The van der Waals surface area contributed by atoms with Crippen LogP contribution >= 0.6 is 0 Å². The number of nitrogens with zero attached hydrogens (tertiary/aromatic N) is 3. The third kappa shape index (κ3) is 7.02. The lowest BCUT2D eigenvalue weighted by Crippen LogP contribution is -2.47. The minimum atomic E-state index is -0.716. The number of carbonyl (C=O) groups excluding carboxylic acids is 2. The minimum Gasteiger partial charge on any atom is -0.444 e. The van der Waals surface area contributed by atoms with Crippen molar-refractivity contribution < 1.29 is 18.7 Å². The lowest BCUT2D eigenvalue weighted by atomic mass is 10.0. The van der Waals surface area contributed by atoms with Crippen molar-refractivity contribution in [2.24, 2.45) is 0 Å². The highest BCUT2D eigenvalue weighted by molar-refractivity contribution is 5.93. The highest BCUT2D eigenvalue weighted by Crippen LogP contribution is 2.25. The van der Waals surface area contributed by atoms with Gasteiger partial charge in [-0.2, -0.15) is 4.98 Å². The quantitative estimate of drug-likeness (QED) is 0.330. The molecule has 0 saturated carbocycles. The van der Waals surface area contributed by atoms with Crippen molar-refractivity contribution in [2.45, 2.75) is 52.3 Å². The van der Waals surface area contributed by atoms with Gasteiger partial charge in [0.2, 0.25) is 5.91 Å². The van der Waals surface area contributed by atoms with Crippen molar-refractivity contribution in [3.63, 3.8) is 0 Å². The third-order valence-corrected chi connectivity index (χ3v) is 6.24. The number of carbonyl (C=O) groups is 2. The summed E-state index contributed by atoms with van der Waals surface area (Å²) in [5.74, 6) is -0.249. The summed E-state index contributed by atoms with van der Waals surface area (Å²) in [6, 6.07) is 15.8. The molecular formula is C30H33N5O5. The van der Waals surface area contributed by atoms with Crippen LogP contribution in [0.2, 0.25) is 0 Å². The van der Waals surface area contributed by atoms with Gasteiger partial charge in [0.1, 0.15) is 11.6 Å². The van der Waals surface area contributed by atoms with E-state index in [9.17, 15) is 14.4 Å². The molecule has 0 aliphatic carbocycles. The van der Waals surface area contributed by atoms with E-state index in [0.717, 1.165) is 11.1 Å². The maximum absolute atomic E-state index is 13.4. The number of amides is 2. The Morgan fingerprint density at radius 2 is 1.73 bits per heavy atom. The lowest BCUT2D eigenvalue weighted by Gasteiger charge is -2.27. The van der Waals surface area contributed by atoms with Crippen LogP contribution in [0.25, 0.3) is 10.9 Å². The molecule has 40 heavy (non-hydrogen) atoms. The Labute approximate surface area is 232 Å². The Hall–Kier alpha value is -4.73. The number of nitrogens with one attached hydrogen (secondary N) is 2. The van der Waals surface area contributed by atoms with Gasteiger partial charge in [-0.3, -0.25) is 15.1 Å². The summed E-state index contributed by atoms with van der Waals surface area (Å²) in [5, 5.41) is 5.87. The number of rotatable bonds is 8. The standard InChI is InChI=1S/C30H33N5O5/c1-19-22(34-29(38)40-30(2,3)4)11-12-23-25(19)27(37)39-28(33-23)35(5)24(17-20-9-7-6-8-10-20)26(36)32-18-21-13-15-31-16-14-21/h6-16,24H,17-18H2,1-5H3,(H,32,36)(H,34,38)/t24-/m0/s1. The number of anilines is 2. The first-order chi connectivity index (χ1) is 19.0. The molecule has 0 fully saturated rings. The smallest absolute Gasteiger partial charge is 0.412 e. The number of aryl methyl sites for hydroxylation is 1. The predicted molar refractivity (Wildman–Crippen MR) is 153 cm³/mol. The average molecular weight is 544 g/mol. The SMILES string of the molecule is Cc1c(NC(=O)OC(C)(C)C)ccc2nc(N(C)[C@@H](Cc3ccccc3)C(=O)NCc3ccncc3)oc(=O)c12. The molecule has 2 aromatic carbocycles. The molecule has 0 aliphatic rings. The lowest BCUT2D eigenvalue weighted by molar-refractivity contribution is -0.122. The van der Waals surface area contributed by atoms with Crippen molar-refractivity contribution in [3.05, 3.63) is 94.1 Å². The minimum absolute atomic E-state index is 0.00439. The maximum atomic E-state index is 13.4. The Kier molecular flexibility index (Phi) is 8.47. The first-order valence-electron chi connectivity index (χ1n) is 12.9. The molecule has 0 saturated heterocycles. The van der Waals surface area contributed by atoms with Gasteiger partial charge < -0.3 is 19.4 Å². The highest BCUT2D eigenvalue weighted by atomic mass is 16.6. The molecule has 4 rings (SSSR count). The zero-order valence-electron chi connectivity index (χ0n) is 23.2. The van der Waals surface area contributed by atoms with Crippen LogP contribution in [0.15, 0.2) is 76.2 Å². The first kappa shape index (κ1) is 28.3. The molecule has 0 spiro atoms. The summed E-state index contributed by atoms with van der Waals surface area (Å²) in [7, 11) is 1.67. The number of aromatic nitrogens is 2. The van der Waals surface area contributed by atoms with E-state index in [1.54, 1.807) is 64.2 Å². The number of fused-ring (bicyclic) bond motifs is 1. The molecule has 10 heteroatoms. The Morgan fingerprint density at radius 1 is 1.02 bits per heavy atom. The molecule has 10 nitrogen and oxygen atoms in total. The fraction of sp³-hybridized carbons (Fsp3) is 0.300. The van der Waals surface area contributed by atoms with Crippen molar-refractivity contribution in [1.29, 1.82) is 0 Å². The molecule has 0 radical (unpaired) electrons. The molecule has 2 N–H and O–H groups in total. The maximum Gasteiger partial charge on any atom is 0.412 e. The molecular weight excluding hydrogens is 510 g/mol. The Morgan fingerprint density at radius 3 is 2.40 bits per heavy atom. The van der Waals surface area contributed by atoms with E-state index in [-0.39, 0.29) is 17.3 Å². The topological polar surface area (TPSA) is 127 Å². The number of hydrogen-bond donors (Lipinski definition) is 2. The summed E-state index contributed by atoms with van der Waals surface area (Å²) < 4.78 is 11.0. The third-order valence-electron chi connectivity index (χ3n) is 6.24. The van der Waals surface area contributed by atoms with Crippen LogP contribution in [0.5, 0.6) is 0 Å². The molecule has 2 amide bonds. The molecule has 208 valence electrons. The fourth-order valence-corrected chi connectivity index (χ4v) is 4.19. The number of hydrogen-bond acceptors (Lipinski definition) is 8. The van der Waals surface area contributed by atoms with Gasteiger partial charge in [0.15, 0.2) is 0 Å². The second-order valence-corrected chi connectivity index (χ2v) is 10.4. The van der Waals surface area contributed by atoms with Gasteiger partial charge in [0.05, 0.1) is 10.9 Å². The van der Waals surface area contributed by atoms with Crippen molar-refractivity contribution in [3.8, 4) is 0 Å². The summed E-state index contributed by atoms with van der Waals surface area (Å²) in [6.45, 7) is 7.31. The van der Waals surface area contributed by atoms with E-state index in [0.29, 0.717) is 29.7 Å². The molecule has 0 unspecified atom stereocenters. The predicted octanol–water partition coefficient (Wildman–Crippen LogP) is 4.60. The van der Waals surface area contributed by atoms with Gasteiger partial charge in [-0.05, 0) is 68.7 Å². The normalized spacial score (nSPS) is 12.0. The summed E-state index contributed by atoms with van der Waals surface area (Å²) in [5.41, 5.74) is 1.83. The molecule has 2 aromatic heterocycles. The zero-order chi connectivity index (χ0) is 28.9. The van der Waals surface area contributed by atoms with Crippen LogP contribution in [-0.4, -0.2) is 40.7 Å². The molecule has 1 atom stereocenters. The van der Waals surface area contributed by atoms with E-state index < -0.39 is 23.4 Å². The Bertz CT molecular complexity index is 1550. The highest BCUT2D eigenvalue weighted by Gasteiger charge is 2.27. The van der Waals surface area contributed by atoms with E-state index in [1.165, 1.54) is 0 Å². The number of likely N-dealkylation sites (N-methyl/N-ethyl adjacent to an activating group) is 1. The van der Waals surface area contributed by atoms with Crippen molar-refractivity contribution in [2.75, 3.05) is 17.3 Å². The number of benzene rings is 2. The van der Waals surface area contributed by atoms with Gasteiger partial charge in [-0.25, -0.2) is 9.59 Å². The van der Waals surface area contributed by atoms with E-state index in [2.05, 4.69) is 20.6 Å². The second kappa shape index (κ2) is 12.0. The molecule has 2 heterocycles. The summed E-state index contributed by atoms with van der Waals surface area (Å²) in [6.07, 6.45) is 3.06. The monoisotopic (exact) mass is 543 g/mol. The van der Waals surface area contributed by atoms with Crippen LogP contribution in [-0.2, 0) is 22.5 Å². The molecule has 0 aliphatic heterocycles. The Balaban J connectivity index is 1.62. The fourth-order valence-electron chi connectivity index (χ4n) is 4.19. The van der Waals surface area contributed by atoms with Gasteiger partial charge in [0.25, 0.3) is 0 Å². The van der Waals surface area contributed by atoms with Gasteiger partial charge >= 0.3 is 17.7 Å². The van der Waals surface area contributed by atoms with E-state index >= 15 is 0 Å². The molecule has 4 aromatic rings. The average Bonchev–Trinajstić information content (AvgIpc) is 2.91. The van der Waals surface area contributed by atoms with Crippen LogP contribution < -0.4 is 21.2 Å². The number of pyridine rings is 1. The van der Waals surface area contributed by atoms with Crippen LogP contribution in [0, 0.1) is 6.92 Å². The second-order valence-electron chi connectivity index (χ2n) is 10.4. The van der Waals surface area contributed by atoms with Crippen molar-refractivity contribution >= 4 is 34.6 Å². The van der Waals surface area contributed by atoms with Crippen LogP contribution in [0.1, 0.15) is 37.5 Å². The van der Waals surface area contributed by atoms with Crippen LogP contribution in [0.4, 0.5) is 16.5 Å². The first-order valence-corrected chi connectivity index (χ1v) is 12.9. The summed E-state index contributed by atoms with van der Waals surface area (Å²) in [4.78, 5) is 49.0.